The number of hydrogen-bond donors (Lipinski definition) is 0. The van der Waals surface area contributed by atoms with E-state index in [1.54, 1.807) is 41.3 Å². The molecule has 0 bridgehead atoms. The first-order valence-electron chi connectivity index (χ1n) is 8.55. The van der Waals surface area contributed by atoms with Crippen LogP contribution in [0.15, 0.2) is 58.6 Å². The van der Waals surface area contributed by atoms with E-state index < -0.39 is 0 Å². The fourth-order valence-electron chi connectivity index (χ4n) is 2.55. The molecule has 0 fully saturated rings. The van der Waals surface area contributed by atoms with Crippen LogP contribution in [0.1, 0.15) is 12.2 Å². The summed E-state index contributed by atoms with van der Waals surface area (Å²) in [5, 5.41) is 17.5. The van der Waals surface area contributed by atoms with Crippen LogP contribution in [0.2, 0.25) is 0 Å². The van der Waals surface area contributed by atoms with Gasteiger partial charge in [0.15, 0.2) is 5.16 Å². The molecule has 0 unspecified atom stereocenters. The normalized spacial score (nSPS) is 10.4. The van der Waals surface area contributed by atoms with E-state index in [0.29, 0.717) is 24.0 Å². The maximum absolute atomic E-state index is 12.7. The molecule has 0 spiro atoms. The number of carbonyl (C=O) groups is 1. The summed E-state index contributed by atoms with van der Waals surface area (Å²) in [5.74, 6) is 1.47. The van der Waals surface area contributed by atoms with Crippen LogP contribution in [0.4, 0.5) is 0 Å². The van der Waals surface area contributed by atoms with Crippen LogP contribution in [0.25, 0.3) is 5.69 Å². The van der Waals surface area contributed by atoms with Gasteiger partial charge in [-0.15, -0.1) is 10.2 Å². The van der Waals surface area contributed by atoms with Gasteiger partial charge in [-0.1, -0.05) is 17.8 Å². The minimum atomic E-state index is -0.100. The van der Waals surface area contributed by atoms with Gasteiger partial charge in [-0.25, -0.2) is 0 Å². The maximum atomic E-state index is 12.7. The number of aromatic nitrogens is 3. The Labute approximate surface area is 166 Å². The van der Waals surface area contributed by atoms with Crippen molar-refractivity contribution in [3.8, 4) is 17.5 Å². The summed E-state index contributed by atoms with van der Waals surface area (Å²) < 4.78 is 12.4. The van der Waals surface area contributed by atoms with Crippen molar-refractivity contribution in [3.05, 3.63) is 54.7 Å². The van der Waals surface area contributed by atoms with Crippen LogP contribution in [0, 0.1) is 11.3 Å². The monoisotopic (exact) mass is 397 g/mol. The number of rotatable bonds is 9. The number of methoxy groups -OCH3 is 1. The molecule has 1 aromatic carbocycles. The SMILES string of the molecule is COc1cccc(-n2cnnc2SCC(=O)N(CCC#N)Cc2ccco2)c1. The Bertz CT molecular complexity index is 949. The van der Waals surface area contributed by atoms with Gasteiger partial charge in [0, 0.05) is 12.6 Å². The summed E-state index contributed by atoms with van der Waals surface area (Å²) in [4.78, 5) is 14.3. The zero-order chi connectivity index (χ0) is 19.8. The average Bonchev–Trinajstić information content (AvgIpc) is 3.41. The number of carbonyl (C=O) groups excluding carboxylic acids is 1. The molecule has 0 N–H and O–H groups in total. The first-order valence-corrected chi connectivity index (χ1v) is 9.54. The summed E-state index contributed by atoms with van der Waals surface area (Å²) in [6, 6.07) is 13.2. The van der Waals surface area contributed by atoms with E-state index in [1.807, 2.05) is 24.3 Å². The number of benzene rings is 1. The number of amides is 1. The van der Waals surface area contributed by atoms with Gasteiger partial charge in [-0.3, -0.25) is 9.36 Å². The van der Waals surface area contributed by atoms with Gasteiger partial charge in [0.1, 0.15) is 17.8 Å². The second-order valence-corrected chi connectivity index (χ2v) is 6.72. The van der Waals surface area contributed by atoms with Crippen molar-refractivity contribution >= 4 is 17.7 Å². The van der Waals surface area contributed by atoms with E-state index in [0.717, 1.165) is 11.4 Å². The Hall–Kier alpha value is -3.25. The molecule has 0 aliphatic heterocycles. The number of thioether (sulfide) groups is 1. The van der Waals surface area contributed by atoms with Crippen molar-refractivity contribution in [2.45, 2.75) is 18.1 Å². The average molecular weight is 397 g/mol. The number of ether oxygens (including phenoxy) is 1. The third-order valence-corrected chi connectivity index (χ3v) is 4.87. The quantitative estimate of drug-likeness (QED) is 0.512. The van der Waals surface area contributed by atoms with Crippen molar-refractivity contribution in [1.29, 1.82) is 5.26 Å². The molecule has 0 aliphatic carbocycles. The minimum Gasteiger partial charge on any atom is -0.497 e. The van der Waals surface area contributed by atoms with E-state index in [9.17, 15) is 4.79 Å². The van der Waals surface area contributed by atoms with Gasteiger partial charge in [0.05, 0.1) is 43.8 Å². The largest absolute Gasteiger partial charge is 0.497 e. The molecular formula is C19H19N5O3S. The first kappa shape index (κ1) is 19.5. The summed E-state index contributed by atoms with van der Waals surface area (Å²) in [7, 11) is 1.61. The lowest BCUT2D eigenvalue weighted by molar-refractivity contribution is -0.129. The lowest BCUT2D eigenvalue weighted by Gasteiger charge is -2.20. The molecule has 0 radical (unpaired) electrons. The molecule has 28 heavy (non-hydrogen) atoms. The second kappa shape index (κ2) is 9.62. The van der Waals surface area contributed by atoms with Gasteiger partial charge < -0.3 is 14.1 Å². The van der Waals surface area contributed by atoms with E-state index in [1.165, 1.54) is 11.8 Å². The summed E-state index contributed by atoms with van der Waals surface area (Å²) in [6.45, 7) is 0.676. The van der Waals surface area contributed by atoms with E-state index in [4.69, 9.17) is 14.4 Å². The Morgan fingerprint density at radius 3 is 3.04 bits per heavy atom. The van der Waals surface area contributed by atoms with Crippen LogP contribution in [0.5, 0.6) is 5.75 Å². The molecule has 8 nitrogen and oxygen atoms in total. The van der Waals surface area contributed by atoms with Crippen molar-refractivity contribution in [2.75, 3.05) is 19.4 Å². The second-order valence-electron chi connectivity index (χ2n) is 5.78. The van der Waals surface area contributed by atoms with Crippen LogP contribution in [0.3, 0.4) is 0 Å². The molecule has 3 aromatic rings. The molecule has 0 saturated heterocycles. The predicted octanol–water partition coefficient (Wildman–Crippen LogP) is 2.90. The van der Waals surface area contributed by atoms with Gasteiger partial charge in [-0.2, -0.15) is 5.26 Å². The highest BCUT2D eigenvalue weighted by Crippen LogP contribution is 2.23. The Kier molecular flexibility index (Phi) is 6.70. The standard InChI is InChI=1S/C19H19N5O3S/c1-26-16-6-2-5-15(11-16)24-14-21-22-19(24)28-13-18(25)23(9-4-8-20)12-17-7-3-10-27-17/h2-3,5-7,10-11,14H,4,9,12-13H2,1H3. The topological polar surface area (TPSA) is 97.2 Å². The highest BCUT2D eigenvalue weighted by Gasteiger charge is 2.17. The highest BCUT2D eigenvalue weighted by molar-refractivity contribution is 7.99. The number of nitriles is 1. The van der Waals surface area contributed by atoms with E-state index >= 15 is 0 Å². The lowest BCUT2D eigenvalue weighted by atomic mass is 10.3. The molecule has 0 aliphatic rings. The number of furan rings is 1. The Balaban J connectivity index is 1.68. The van der Waals surface area contributed by atoms with Gasteiger partial charge in [0.2, 0.25) is 5.91 Å². The number of hydrogen-bond acceptors (Lipinski definition) is 7. The molecule has 3 rings (SSSR count). The zero-order valence-corrected chi connectivity index (χ0v) is 16.1. The van der Waals surface area contributed by atoms with Crippen molar-refractivity contribution < 1.29 is 13.9 Å². The van der Waals surface area contributed by atoms with Crippen LogP contribution in [-0.4, -0.2) is 45.0 Å². The fourth-order valence-corrected chi connectivity index (χ4v) is 3.38. The summed E-state index contributed by atoms with van der Waals surface area (Å²) in [6.07, 6.45) is 3.42. The van der Waals surface area contributed by atoms with Gasteiger partial charge >= 0.3 is 0 Å². The van der Waals surface area contributed by atoms with Crippen LogP contribution in [-0.2, 0) is 11.3 Å². The Morgan fingerprint density at radius 2 is 2.29 bits per heavy atom. The fraction of sp³-hybridized carbons (Fsp3) is 0.263. The molecule has 144 valence electrons. The summed E-state index contributed by atoms with van der Waals surface area (Å²) >= 11 is 1.29. The molecular weight excluding hydrogens is 378 g/mol. The molecule has 0 saturated carbocycles. The van der Waals surface area contributed by atoms with Crippen LogP contribution >= 0.6 is 11.8 Å². The smallest absolute Gasteiger partial charge is 0.233 e. The van der Waals surface area contributed by atoms with E-state index in [-0.39, 0.29) is 18.1 Å². The predicted molar refractivity (Wildman–Crippen MR) is 103 cm³/mol. The molecule has 0 atom stereocenters. The highest BCUT2D eigenvalue weighted by atomic mass is 32.2. The molecule has 1 amide bonds. The molecule has 2 aromatic heterocycles. The maximum Gasteiger partial charge on any atom is 0.233 e. The first-order chi connectivity index (χ1) is 13.7. The zero-order valence-electron chi connectivity index (χ0n) is 15.3. The Morgan fingerprint density at radius 1 is 1.39 bits per heavy atom. The van der Waals surface area contributed by atoms with Crippen molar-refractivity contribution in [2.24, 2.45) is 0 Å². The lowest BCUT2D eigenvalue weighted by Crippen LogP contribution is -2.32. The third kappa shape index (κ3) is 4.92. The van der Waals surface area contributed by atoms with Gasteiger partial charge in [-0.05, 0) is 24.3 Å². The number of nitrogens with zero attached hydrogens (tertiary/aromatic N) is 5. The van der Waals surface area contributed by atoms with E-state index in [2.05, 4.69) is 16.3 Å². The molecule has 2 heterocycles. The van der Waals surface area contributed by atoms with Gasteiger partial charge in [0.25, 0.3) is 0 Å². The summed E-state index contributed by atoms with van der Waals surface area (Å²) in [5.41, 5.74) is 0.844. The van der Waals surface area contributed by atoms with Crippen molar-refractivity contribution in [3.63, 3.8) is 0 Å². The minimum absolute atomic E-state index is 0.100. The van der Waals surface area contributed by atoms with Crippen LogP contribution < -0.4 is 4.74 Å². The van der Waals surface area contributed by atoms with Crippen molar-refractivity contribution in [1.82, 2.24) is 19.7 Å². The molecule has 9 heteroatoms. The third-order valence-electron chi connectivity index (χ3n) is 3.95.